The number of pyridine rings is 1. The molecule has 1 aromatic carbocycles. The van der Waals surface area contributed by atoms with Gasteiger partial charge < -0.3 is 15.2 Å². The number of carbonyl (C=O) groups is 3. The first kappa shape index (κ1) is 15.5. The average Bonchev–Trinajstić information content (AvgIpc) is 2.58. The molecule has 0 atom stereocenters. The van der Waals surface area contributed by atoms with Gasteiger partial charge in [-0.05, 0) is 30.3 Å². The molecule has 24 heavy (non-hydrogen) atoms. The SMILES string of the molecule is O=C(CN1C(=O)COc2ccc(C(=O)O)cc21)Nc1ccccn1. The van der Waals surface area contributed by atoms with E-state index in [0.717, 1.165) is 0 Å². The Balaban J connectivity index is 1.83. The van der Waals surface area contributed by atoms with Crippen molar-refractivity contribution in [3.8, 4) is 5.75 Å². The number of hydrogen-bond donors (Lipinski definition) is 2. The summed E-state index contributed by atoms with van der Waals surface area (Å²) in [6.07, 6.45) is 1.53. The van der Waals surface area contributed by atoms with Crippen LogP contribution in [0.4, 0.5) is 11.5 Å². The van der Waals surface area contributed by atoms with Crippen molar-refractivity contribution in [2.45, 2.75) is 0 Å². The van der Waals surface area contributed by atoms with Crippen LogP contribution in [0.5, 0.6) is 5.75 Å². The van der Waals surface area contributed by atoms with E-state index in [0.29, 0.717) is 11.6 Å². The molecule has 8 nitrogen and oxygen atoms in total. The lowest BCUT2D eigenvalue weighted by atomic mass is 10.1. The molecule has 1 aliphatic heterocycles. The molecule has 1 aromatic heterocycles. The number of hydrogen-bond acceptors (Lipinski definition) is 5. The van der Waals surface area contributed by atoms with E-state index in [9.17, 15) is 14.4 Å². The Morgan fingerprint density at radius 3 is 2.83 bits per heavy atom. The molecule has 2 N–H and O–H groups in total. The first-order valence-electron chi connectivity index (χ1n) is 7.06. The summed E-state index contributed by atoms with van der Waals surface area (Å²) in [7, 11) is 0. The maximum Gasteiger partial charge on any atom is 0.335 e. The van der Waals surface area contributed by atoms with Crippen molar-refractivity contribution in [1.82, 2.24) is 4.98 Å². The van der Waals surface area contributed by atoms with Crippen LogP contribution in [0.25, 0.3) is 0 Å². The van der Waals surface area contributed by atoms with Crippen LogP contribution < -0.4 is 15.0 Å². The smallest absolute Gasteiger partial charge is 0.335 e. The van der Waals surface area contributed by atoms with Crippen LogP contribution in [0.2, 0.25) is 0 Å². The van der Waals surface area contributed by atoms with Crippen molar-refractivity contribution in [3.05, 3.63) is 48.2 Å². The van der Waals surface area contributed by atoms with E-state index in [1.54, 1.807) is 18.2 Å². The molecule has 1 aliphatic rings. The third-order valence-electron chi connectivity index (χ3n) is 3.38. The monoisotopic (exact) mass is 327 g/mol. The van der Waals surface area contributed by atoms with Gasteiger partial charge in [-0.2, -0.15) is 0 Å². The number of anilines is 2. The minimum atomic E-state index is -1.13. The van der Waals surface area contributed by atoms with Gasteiger partial charge in [-0.15, -0.1) is 0 Å². The van der Waals surface area contributed by atoms with Crippen LogP contribution in [0.15, 0.2) is 42.6 Å². The first-order chi connectivity index (χ1) is 11.5. The lowest BCUT2D eigenvalue weighted by Crippen LogP contribution is -2.43. The molecule has 2 heterocycles. The molecule has 122 valence electrons. The fourth-order valence-electron chi connectivity index (χ4n) is 2.27. The molecule has 2 amide bonds. The van der Waals surface area contributed by atoms with Crippen LogP contribution >= 0.6 is 0 Å². The molecule has 0 saturated carbocycles. The van der Waals surface area contributed by atoms with E-state index in [1.807, 2.05) is 0 Å². The number of fused-ring (bicyclic) bond motifs is 1. The number of amides is 2. The first-order valence-corrected chi connectivity index (χ1v) is 7.06. The van der Waals surface area contributed by atoms with Gasteiger partial charge in [0.25, 0.3) is 5.91 Å². The zero-order chi connectivity index (χ0) is 17.1. The van der Waals surface area contributed by atoms with Crippen molar-refractivity contribution in [2.75, 3.05) is 23.4 Å². The third kappa shape index (κ3) is 3.17. The van der Waals surface area contributed by atoms with Gasteiger partial charge >= 0.3 is 5.97 Å². The molecular formula is C16H13N3O5. The van der Waals surface area contributed by atoms with Gasteiger partial charge in [0, 0.05) is 6.20 Å². The second-order valence-corrected chi connectivity index (χ2v) is 5.02. The highest BCUT2D eigenvalue weighted by atomic mass is 16.5. The van der Waals surface area contributed by atoms with E-state index < -0.39 is 17.8 Å². The second kappa shape index (κ2) is 6.37. The molecule has 3 rings (SSSR count). The van der Waals surface area contributed by atoms with Crippen LogP contribution in [0.3, 0.4) is 0 Å². The zero-order valence-electron chi connectivity index (χ0n) is 12.4. The molecular weight excluding hydrogens is 314 g/mol. The summed E-state index contributed by atoms with van der Waals surface area (Å²) >= 11 is 0. The number of ether oxygens (including phenoxy) is 1. The second-order valence-electron chi connectivity index (χ2n) is 5.02. The molecule has 0 aliphatic carbocycles. The molecule has 0 bridgehead atoms. The highest BCUT2D eigenvalue weighted by Gasteiger charge is 2.28. The van der Waals surface area contributed by atoms with E-state index in [4.69, 9.17) is 9.84 Å². The predicted octanol–water partition coefficient (Wildman–Crippen LogP) is 1.14. The lowest BCUT2D eigenvalue weighted by Gasteiger charge is -2.29. The Morgan fingerprint density at radius 2 is 2.12 bits per heavy atom. The van der Waals surface area contributed by atoms with E-state index in [-0.39, 0.29) is 24.4 Å². The molecule has 8 heteroatoms. The maximum atomic E-state index is 12.2. The molecule has 0 radical (unpaired) electrons. The van der Waals surface area contributed by atoms with Gasteiger partial charge in [0.05, 0.1) is 11.3 Å². The van der Waals surface area contributed by atoms with Gasteiger partial charge in [0.2, 0.25) is 5.91 Å². The van der Waals surface area contributed by atoms with Crippen molar-refractivity contribution in [1.29, 1.82) is 0 Å². The van der Waals surface area contributed by atoms with Crippen LogP contribution in [0.1, 0.15) is 10.4 Å². The number of nitrogens with zero attached hydrogens (tertiary/aromatic N) is 2. The number of carboxylic acid groups (broad SMARTS) is 1. The molecule has 0 spiro atoms. The van der Waals surface area contributed by atoms with Crippen molar-refractivity contribution < 1.29 is 24.2 Å². The van der Waals surface area contributed by atoms with Gasteiger partial charge in [-0.1, -0.05) is 6.07 Å². The van der Waals surface area contributed by atoms with E-state index in [1.165, 1.54) is 29.3 Å². The Bertz CT molecular complexity index is 807. The van der Waals surface area contributed by atoms with Gasteiger partial charge in [-0.25, -0.2) is 9.78 Å². The topological polar surface area (TPSA) is 109 Å². The summed E-state index contributed by atoms with van der Waals surface area (Å²) in [5, 5.41) is 11.7. The number of carbonyl (C=O) groups excluding carboxylic acids is 2. The standard InChI is InChI=1S/C16H13N3O5/c20-14(18-13-3-1-2-6-17-13)8-19-11-7-10(16(22)23)4-5-12(11)24-9-15(19)21/h1-7H,8-9H2,(H,22,23)(H,17,18,20). The number of rotatable bonds is 4. The highest BCUT2D eigenvalue weighted by molar-refractivity contribution is 6.05. The van der Waals surface area contributed by atoms with Gasteiger partial charge in [0.1, 0.15) is 18.1 Å². The van der Waals surface area contributed by atoms with E-state index in [2.05, 4.69) is 10.3 Å². The van der Waals surface area contributed by atoms with Gasteiger partial charge in [0.15, 0.2) is 6.61 Å². The summed E-state index contributed by atoms with van der Waals surface area (Å²) in [4.78, 5) is 40.5. The predicted molar refractivity (Wildman–Crippen MR) is 84.1 cm³/mol. The Morgan fingerprint density at radius 1 is 1.29 bits per heavy atom. The summed E-state index contributed by atoms with van der Waals surface area (Å²) < 4.78 is 5.27. The fourth-order valence-corrected chi connectivity index (χ4v) is 2.27. The van der Waals surface area contributed by atoms with Crippen molar-refractivity contribution in [3.63, 3.8) is 0 Å². The number of aromatic carboxylic acids is 1. The maximum absolute atomic E-state index is 12.2. The number of nitrogens with one attached hydrogen (secondary N) is 1. The highest BCUT2D eigenvalue weighted by Crippen LogP contribution is 2.32. The summed E-state index contributed by atoms with van der Waals surface area (Å²) in [6, 6.07) is 9.21. The summed E-state index contributed by atoms with van der Waals surface area (Å²) in [6.45, 7) is -0.481. The quantitative estimate of drug-likeness (QED) is 0.872. The number of aromatic nitrogens is 1. The Labute approximate surface area is 136 Å². The Hall–Kier alpha value is -3.42. The van der Waals surface area contributed by atoms with E-state index >= 15 is 0 Å². The molecule has 0 saturated heterocycles. The minimum absolute atomic E-state index is 0.00202. The van der Waals surface area contributed by atoms with Crippen LogP contribution in [0, 0.1) is 0 Å². The molecule has 2 aromatic rings. The zero-order valence-corrected chi connectivity index (χ0v) is 12.4. The number of benzene rings is 1. The van der Waals surface area contributed by atoms with Crippen molar-refractivity contribution >= 4 is 29.3 Å². The minimum Gasteiger partial charge on any atom is -0.482 e. The summed E-state index contributed by atoms with van der Waals surface area (Å²) in [5.41, 5.74) is 0.254. The fraction of sp³-hybridized carbons (Fsp3) is 0.125. The number of carboxylic acids is 1. The summed E-state index contributed by atoms with van der Waals surface area (Å²) in [5.74, 6) is -1.29. The largest absolute Gasteiger partial charge is 0.482 e. The normalized spacial score (nSPS) is 13.0. The average molecular weight is 327 g/mol. The third-order valence-corrected chi connectivity index (χ3v) is 3.38. The van der Waals surface area contributed by atoms with Crippen molar-refractivity contribution in [2.24, 2.45) is 0 Å². The lowest BCUT2D eigenvalue weighted by molar-refractivity contribution is -0.123. The Kier molecular flexibility index (Phi) is 4.11. The molecule has 0 fully saturated rings. The van der Waals surface area contributed by atoms with Crippen LogP contribution in [-0.2, 0) is 9.59 Å². The molecule has 0 unspecified atom stereocenters. The van der Waals surface area contributed by atoms with Crippen LogP contribution in [-0.4, -0.2) is 41.0 Å². The van der Waals surface area contributed by atoms with Gasteiger partial charge in [-0.3, -0.25) is 14.5 Å².